The number of carbonyl (C=O) groups is 2. The summed E-state index contributed by atoms with van der Waals surface area (Å²) in [5.74, 6) is -1.62. The highest BCUT2D eigenvalue weighted by atomic mass is 35.5. The zero-order valence-corrected chi connectivity index (χ0v) is 14.3. The molecule has 1 aliphatic heterocycles. The van der Waals surface area contributed by atoms with Crippen LogP contribution in [0, 0.1) is 12.7 Å². The molecule has 0 spiro atoms. The first-order chi connectivity index (χ1) is 11.3. The van der Waals surface area contributed by atoms with E-state index < -0.39 is 23.9 Å². The van der Waals surface area contributed by atoms with Crippen LogP contribution in [-0.2, 0) is 9.53 Å². The molecule has 0 saturated carbocycles. The Bertz CT molecular complexity index is 641. The van der Waals surface area contributed by atoms with Gasteiger partial charge in [-0.15, -0.1) is 0 Å². The summed E-state index contributed by atoms with van der Waals surface area (Å²) >= 11 is 6.02. The molecule has 0 aromatic heterocycles. The third-order valence-corrected chi connectivity index (χ3v) is 4.52. The van der Waals surface area contributed by atoms with E-state index in [0.29, 0.717) is 18.5 Å². The van der Waals surface area contributed by atoms with Crippen molar-refractivity contribution in [3.8, 4) is 0 Å². The molecular weight excluding hydrogens is 339 g/mol. The van der Waals surface area contributed by atoms with Crippen molar-refractivity contribution in [1.82, 2.24) is 10.2 Å². The lowest BCUT2D eigenvalue weighted by Crippen LogP contribution is -2.55. The maximum absolute atomic E-state index is 13.9. The summed E-state index contributed by atoms with van der Waals surface area (Å²) in [6.45, 7) is 2.06. The summed E-state index contributed by atoms with van der Waals surface area (Å²) in [6.07, 6.45) is -0.594. The van der Waals surface area contributed by atoms with Crippen molar-refractivity contribution >= 4 is 23.4 Å². The van der Waals surface area contributed by atoms with Crippen molar-refractivity contribution in [3.63, 3.8) is 0 Å². The number of aliphatic hydroxyl groups is 1. The summed E-state index contributed by atoms with van der Waals surface area (Å²) in [6, 6.07) is 2.09. The van der Waals surface area contributed by atoms with Crippen LogP contribution >= 0.6 is 11.6 Å². The van der Waals surface area contributed by atoms with Gasteiger partial charge < -0.3 is 20.1 Å². The minimum atomic E-state index is -0.949. The molecule has 1 saturated heterocycles. The average Bonchev–Trinajstić information content (AvgIpc) is 2.53. The summed E-state index contributed by atoms with van der Waals surface area (Å²) in [4.78, 5) is 25.5. The fourth-order valence-corrected chi connectivity index (χ4v) is 2.89. The van der Waals surface area contributed by atoms with Gasteiger partial charge in [-0.05, 0) is 25.0 Å². The molecule has 8 heteroatoms. The number of nitrogens with zero attached hydrogens (tertiary/aromatic N) is 1. The molecule has 0 radical (unpaired) electrons. The summed E-state index contributed by atoms with van der Waals surface area (Å²) in [7, 11) is 1.42. The summed E-state index contributed by atoms with van der Waals surface area (Å²) < 4.78 is 18.7. The Morgan fingerprint density at radius 2 is 2.21 bits per heavy atom. The number of hydrogen-bond acceptors (Lipinski definition) is 4. The molecule has 132 valence electrons. The number of carbonyl (C=O) groups excluding carboxylic acids is 2. The lowest BCUT2D eigenvalue weighted by Gasteiger charge is -2.36. The molecule has 1 heterocycles. The van der Waals surface area contributed by atoms with Gasteiger partial charge in [-0.3, -0.25) is 9.59 Å². The Hall–Kier alpha value is -1.70. The van der Waals surface area contributed by atoms with Gasteiger partial charge in [-0.2, -0.15) is 0 Å². The molecule has 0 bridgehead atoms. The normalized spacial score (nSPS) is 20.8. The summed E-state index contributed by atoms with van der Waals surface area (Å²) in [5, 5.41) is 12.8. The van der Waals surface area contributed by atoms with Crippen molar-refractivity contribution in [2.45, 2.75) is 25.5 Å². The van der Waals surface area contributed by atoms with Crippen LogP contribution in [0.1, 0.15) is 22.3 Å². The number of rotatable bonds is 4. The van der Waals surface area contributed by atoms with Crippen molar-refractivity contribution < 1.29 is 23.8 Å². The number of halogens is 2. The molecule has 1 aliphatic rings. The van der Waals surface area contributed by atoms with Gasteiger partial charge in [0.2, 0.25) is 5.91 Å². The zero-order valence-electron chi connectivity index (χ0n) is 13.5. The maximum Gasteiger partial charge on any atom is 0.256 e. The van der Waals surface area contributed by atoms with Crippen LogP contribution in [0.15, 0.2) is 12.1 Å². The van der Waals surface area contributed by atoms with Crippen LogP contribution in [0.4, 0.5) is 4.39 Å². The van der Waals surface area contributed by atoms with E-state index in [9.17, 15) is 19.1 Å². The number of amides is 2. The first-order valence-electron chi connectivity index (χ1n) is 7.55. The number of aryl methyl sites for hydroxylation is 1. The van der Waals surface area contributed by atoms with Crippen LogP contribution in [-0.4, -0.2) is 60.8 Å². The van der Waals surface area contributed by atoms with Gasteiger partial charge >= 0.3 is 0 Å². The van der Waals surface area contributed by atoms with E-state index in [1.165, 1.54) is 24.1 Å². The summed E-state index contributed by atoms with van der Waals surface area (Å²) in [5.41, 5.74) is 0.352. The maximum atomic E-state index is 13.9. The fraction of sp³-hybridized carbons (Fsp3) is 0.500. The Balaban J connectivity index is 2.04. The van der Waals surface area contributed by atoms with Gasteiger partial charge in [0.05, 0.1) is 22.7 Å². The lowest BCUT2D eigenvalue weighted by atomic mass is 10.0. The predicted molar refractivity (Wildman–Crippen MR) is 86.5 cm³/mol. The highest BCUT2D eigenvalue weighted by Crippen LogP contribution is 2.24. The number of piperidine rings is 1. The lowest BCUT2D eigenvalue weighted by molar-refractivity contribution is -0.138. The predicted octanol–water partition coefficient (Wildman–Crippen LogP) is 1.13. The molecule has 2 atom stereocenters. The second kappa shape index (κ2) is 7.92. The Morgan fingerprint density at radius 3 is 2.83 bits per heavy atom. The first kappa shape index (κ1) is 18.6. The molecule has 2 amide bonds. The van der Waals surface area contributed by atoms with Crippen molar-refractivity contribution in [3.05, 3.63) is 34.1 Å². The molecule has 0 aliphatic carbocycles. The number of ether oxygens (including phenoxy) is 1. The number of aliphatic hydroxyl groups excluding tert-OH is 1. The number of nitrogens with one attached hydrogen (secondary N) is 1. The first-order valence-corrected chi connectivity index (χ1v) is 7.93. The molecule has 24 heavy (non-hydrogen) atoms. The van der Waals surface area contributed by atoms with Gasteiger partial charge in [0.25, 0.3) is 5.91 Å². The van der Waals surface area contributed by atoms with Gasteiger partial charge in [-0.1, -0.05) is 17.7 Å². The van der Waals surface area contributed by atoms with Crippen LogP contribution in [0.25, 0.3) is 0 Å². The van der Waals surface area contributed by atoms with E-state index in [-0.39, 0.29) is 29.6 Å². The van der Waals surface area contributed by atoms with E-state index >= 15 is 0 Å². The van der Waals surface area contributed by atoms with Crippen LogP contribution in [0.3, 0.4) is 0 Å². The molecule has 2 N–H and O–H groups in total. The van der Waals surface area contributed by atoms with Crippen molar-refractivity contribution in [2.75, 3.05) is 26.8 Å². The van der Waals surface area contributed by atoms with E-state index in [2.05, 4.69) is 5.32 Å². The minimum absolute atomic E-state index is 0.0506. The molecule has 6 nitrogen and oxygen atoms in total. The average molecular weight is 359 g/mol. The quantitative estimate of drug-likeness (QED) is 0.845. The Morgan fingerprint density at radius 1 is 1.50 bits per heavy atom. The van der Waals surface area contributed by atoms with Gasteiger partial charge in [0, 0.05) is 20.2 Å². The number of benzene rings is 1. The molecule has 1 aromatic rings. The van der Waals surface area contributed by atoms with E-state index in [4.69, 9.17) is 16.3 Å². The molecule has 0 unspecified atom stereocenters. The van der Waals surface area contributed by atoms with Crippen LogP contribution < -0.4 is 5.32 Å². The second-order valence-corrected chi connectivity index (χ2v) is 6.14. The van der Waals surface area contributed by atoms with Crippen molar-refractivity contribution in [1.29, 1.82) is 0 Å². The third-order valence-electron chi connectivity index (χ3n) is 4.03. The van der Waals surface area contributed by atoms with Crippen molar-refractivity contribution in [2.24, 2.45) is 0 Å². The smallest absolute Gasteiger partial charge is 0.256 e. The zero-order chi connectivity index (χ0) is 17.9. The standard InChI is InChI=1S/C16H20ClFN2O4/c1-9-3-4-10(18)14(15(9)17)16(23)19-11-5-6-20(7-12(11)21)13(22)8-24-2/h3-4,11-12,21H,5-8H2,1-2H3,(H,19,23)/t11-,12-/m1/s1. The number of β-amino-alcohol motifs (C(OH)–C–C–N with tert-alkyl or cyclic N) is 1. The largest absolute Gasteiger partial charge is 0.389 e. The van der Waals surface area contributed by atoms with E-state index in [1.54, 1.807) is 6.92 Å². The Kier molecular flexibility index (Phi) is 6.15. The van der Waals surface area contributed by atoms with Gasteiger partial charge in [-0.25, -0.2) is 4.39 Å². The number of likely N-dealkylation sites (tertiary alicyclic amines) is 1. The highest BCUT2D eigenvalue weighted by Gasteiger charge is 2.32. The Labute approximate surface area is 144 Å². The van der Waals surface area contributed by atoms with Gasteiger partial charge in [0.15, 0.2) is 0 Å². The van der Waals surface area contributed by atoms with Crippen LogP contribution in [0.5, 0.6) is 0 Å². The molecular formula is C16H20ClFN2O4. The number of methoxy groups -OCH3 is 1. The van der Waals surface area contributed by atoms with Gasteiger partial charge in [0.1, 0.15) is 12.4 Å². The number of hydrogen-bond donors (Lipinski definition) is 2. The fourth-order valence-electron chi connectivity index (χ4n) is 2.65. The second-order valence-electron chi connectivity index (χ2n) is 5.76. The molecule has 1 aromatic carbocycles. The molecule has 1 fully saturated rings. The van der Waals surface area contributed by atoms with E-state index in [0.717, 1.165) is 0 Å². The monoisotopic (exact) mass is 358 g/mol. The van der Waals surface area contributed by atoms with E-state index in [1.807, 2.05) is 0 Å². The SMILES string of the molecule is COCC(=O)N1CC[C@@H](NC(=O)c2c(F)ccc(C)c2Cl)[C@H](O)C1. The third kappa shape index (κ3) is 4.03. The molecule has 2 rings (SSSR count). The minimum Gasteiger partial charge on any atom is -0.389 e. The van der Waals surface area contributed by atoms with Crippen LogP contribution in [0.2, 0.25) is 5.02 Å². The topological polar surface area (TPSA) is 78.9 Å². The highest BCUT2D eigenvalue weighted by molar-refractivity contribution is 6.34.